The van der Waals surface area contributed by atoms with Crippen LogP contribution in [0.5, 0.6) is 0 Å². The van der Waals surface area contributed by atoms with Gasteiger partial charge in [-0.2, -0.15) is 0 Å². The van der Waals surface area contributed by atoms with Crippen molar-refractivity contribution < 1.29 is 4.79 Å². The molecule has 0 fully saturated rings. The number of thioether (sulfide) groups is 1. The molecule has 1 N–H and O–H groups in total. The maximum atomic E-state index is 12.4. The van der Waals surface area contributed by atoms with Crippen LogP contribution in [-0.4, -0.2) is 21.5 Å². The van der Waals surface area contributed by atoms with E-state index in [0.717, 1.165) is 0 Å². The average Bonchev–Trinajstić information content (AvgIpc) is 2.50. The number of hydrogen-bond donors (Lipinski definition) is 1. The second kappa shape index (κ2) is 7.94. The number of ketones is 1. The largest absolute Gasteiger partial charge is 0.301 e. The molecule has 0 saturated carbocycles. The van der Waals surface area contributed by atoms with E-state index in [9.17, 15) is 9.59 Å². The lowest BCUT2D eigenvalue weighted by molar-refractivity contribution is -0.123. The van der Waals surface area contributed by atoms with Crippen molar-refractivity contribution in [2.75, 3.05) is 5.75 Å². The fourth-order valence-electron chi connectivity index (χ4n) is 2.09. The molecule has 1 heterocycles. The first kappa shape index (κ1) is 20.0. The number of rotatable bonds is 5. The number of nitrogens with zero attached hydrogens (tertiary/aromatic N) is 1. The minimum Gasteiger partial charge on any atom is -0.301 e. The average molecular weight is 399 g/mol. The normalized spacial score (nSPS) is 11.6. The summed E-state index contributed by atoms with van der Waals surface area (Å²) < 4.78 is 0. The Morgan fingerprint density at radius 1 is 1.20 bits per heavy atom. The highest BCUT2D eigenvalue weighted by Gasteiger charge is 2.21. The number of hydrogen-bond acceptors (Lipinski definition) is 4. The van der Waals surface area contributed by atoms with E-state index in [0.29, 0.717) is 38.4 Å². The summed E-state index contributed by atoms with van der Waals surface area (Å²) in [6.45, 7) is 7.38. The van der Waals surface area contributed by atoms with Crippen LogP contribution < -0.4 is 5.56 Å². The molecule has 0 unspecified atom stereocenters. The number of H-pyrrole nitrogens is 1. The number of halogens is 2. The maximum Gasteiger partial charge on any atom is 0.255 e. The summed E-state index contributed by atoms with van der Waals surface area (Å²) in [5, 5.41) is 1.47. The van der Waals surface area contributed by atoms with Gasteiger partial charge >= 0.3 is 0 Å². The third-order valence-corrected chi connectivity index (χ3v) is 5.37. The van der Waals surface area contributed by atoms with Crippen LogP contribution >= 0.6 is 35.0 Å². The summed E-state index contributed by atoms with van der Waals surface area (Å²) >= 11 is 13.6. The van der Waals surface area contributed by atoms with Crippen LogP contribution in [0.1, 0.15) is 37.6 Å². The number of carbonyl (C=O) groups excluding carboxylic acids is 1. The molecule has 0 aliphatic heterocycles. The molecule has 0 spiro atoms. The van der Waals surface area contributed by atoms with Crippen LogP contribution in [0, 0.1) is 12.3 Å². The van der Waals surface area contributed by atoms with Gasteiger partial charge in [0.25, 0.3) is 5.56 Å². The quantitative estimate of drug-likeness (QED) is 0.586. The van der Waals surface area contributed by atoms with Crippen LogP contribution in [0.2, 0.25) is 10.0 Å². The Balaban J connectivity index is 2.23. The third kappa shape index (κ3) is 5.09. The fourth-order valence-corrected chi connectivity index (χ4v) is 3.69. The molecule has 1 aromatic heterocycles. The lowest BCUT2D eigenvalue weighted by Gasteiger charge is -2.15. The van der Waals surface area contributed by atoms with Crippen LogP contribution in [0.4, 0.5) is 0 Å². The van der Waals surface area contributed by atoms with Crippen molar-refractivity contribution in [3.8, 4) is 0 Å². The van der Waals surface area contributed by atoms with Crippen LogP contribution in [0.15, 0.2) is 28.2 Å². The Morgan fingerprint density at radius 2 is 1.80 bits per heavy atom. The Morgan fingerprint density at radius 3 is 2.32 bits per heavy atom. The van der Waals surface area contributed by atoms with Gasteiger partial charge in [0.15, 0.2) is 5.16 Å². The Hall–Kier alpha value is -1.30. The molecule has 0 radical (unpaired) electrons. The lowest BCUT2D eigenvalue weighted by Crippen LogP contribution is -2.23. The first-order valence-electron chi connectivity index (χ1n) is 7.78. The summed E-state index contributed by atoms with van der Waals surface area (Å²) in [5.74, 6) is 0.367. The zero-order chi connectivity index (χ0) is 18.8. The second-order valence-corrected chi connectivity index (χ2v) is 8.55. The van der Waals surface area contributed by atoms with E-state index >= 15 is 0 Å². The van der Waals surface area contributed by atoms with E-state index in [1.54, 1.807) is 25.1 Å². The number of benzene rings is 1. The van der Waals surface area contributed by atoms with Crippen molar-refractivity contribution in [3.05, 3.63) is 55.4 Å². The molecule has 2 rings (SSSR count). The number of Topliss-reactive ketones (excluding diaryl/α,β-unsaturated/α-hetero) is 1. The SMILES string of the molecule is Cc1nc(SCC(=O)C(C)(C)C)[nH]c(=O)c1Cc1c(Cl)cccc1Cl. The van der Waals surface area contributed by atoms with Gasteiger partial charge in [-0.15, -0.1) is 0 Å². The zero-order valence-corrected chi connectivity index (χ0v) is 16.9. The van der Waals surface area contributed by atoms with Crippen molar-refractivity contribution in [2.45, 2.75) is 39.3 Å². The standard InChI is InChI=1S/C18H20Cl2N2O2S/c1-10-11(8-12-13(19)6-5-7-14(12)20)16(24)22-17(21-10)25-9-15(23)18(2,3)4/h5-7H,8-9H2,1-4H3,(H,21,22,24). The molecule has 2 aromatic rings. The molecule has 0 saturated heterocycles. The third-order valence-electron chi connectivity index (χ3n) is 3.79. The summed E-state index contributed by atoms with van der Waals surface area (Å²) in [6.07, 6.45) is 0.304. The second-order valence-electron chi connectivity index (χ2n) is 6.77. The predicted molar refractivity (Wildman–Crippen MR) is 104 cm³/mol. The topological polar surface area (TPSA) is 62.8 Å². The van der Waals surface area contributed by atoms with Crippen molar-refractivity contribution in [2.24, 2.45) is 5.41 Å². The molecule has 0 amide bonds. The number of aromatic amines is 1. The van der Waals surface area contributed by atoms with E-state index < -0.39 is 5.41 Å². The zero-order valence-electron chi connectivity index (χ0n) is 14.6. The van der Waals surface area contributed by atoms with Crippen LogP contribution in [-0.2, 0) is 11.2 Å². The number of nitrogens with one attached hydrogen (secondary N) is 1. The van der Waals surface area contributed by atoms with E-state index in [2.05, 4.69) is 9.97 Å². The molecule has 7 heteroatoms. The van der Waals surface area contributed by atoms with Crippen LogP contribution in [0.3, 0.4) is 0 Å². The van der Waals surface area contributed by atoms with Crippen molar-refractivity contribution in [1.29, 1.82) is 0 Å². The first-order chi connectivity index (χ1) is 11.6. The van der Waals surface area contributed by atoms with E-state index in [1.165, 1.54) is 11.8 Å². The monoisotopic (exact) mass is 398 g/mol. The molecule has 25 heavy (non-hydrogen) atoms. The highest BCUT2D eigenvalue weighted by molar-refractivity contribution is 7.99. The first-order valence-corrected chi connectivity index (χ1v) is 9.52. The Labute approximate surface area is 161 Å². The van der Waals surface area contributed by atoms with Gasteiger partial charge in [0, 0.05) is 33.1 Å². The van der Waals surface area contributed by atoms with Gasteiger partial charge in [-0.05, 0) is 24.6 Å². The van der Waals surface area contributed by atoms with Gasteiger partial charge < -0.3 is 4.98 Å². The molecule has 134 valence electrons. The molecule has 4 nitrogen and oxygen atoms in total. The smallest absolute Gasteiger partial charge is 0.255 e. The van der Waals surface area contributed by atoms with Gasteiger partial charge in [-0.3, -0.25) is 9.59 Å². The Kier molecular flexibility index (Phi) is 6.35. The fraction of sp³-hybridized carbons (Fsp3) is 0.389. The highest BCUT2D eigenvalue weighted by Crippen LogP contribution is 2.27. The minimum absolute atomic E-state index is 0.102. The predicted octanol–water partition coefficient (Wildman–Crippen LogP) is 4.68. The van der Waals surface area contributed by atoms with Gasteiger partial charge in [0.05, 0.1) is 5.75 Å². The summed E-state index contributed by atoms with van der Waals surface area (Å²) in [4.78, 5) is 31.6. The molecule has 0 aliphatic carbocycles. The van der Waals surface area contributed by atoms with Gasteiger partial charge in [0.1, 0.15) is 5.78 Å². The highest BCUT2D eigenvalue weighted by atomic mass is 35.5. The maximum absolute atomic E-state index is 12.4. The molecule has 1 aromatic carbocycles. The van der Waals surface area contributed by atoms with Crippen LogP contribution in [0.25, 0.3) is 0 Å². The van der Waals surface area contributed by atoms with Crippen molar-refractivity contribution in [1.82, 2.24) is 9.97 Å². The number of aromatic nitrogens is 2. The summed E-state index contributed by atoms with van der Waals surface area (Å²) in [7, 11) is 0. The number of aryl methyl sites for hydroxylation is 1. The summed E-state index contributed by atoms with van der Waals surface area (Å²) in [5.41, 5.74) is 1.16. The van der Waals surface area contributed by atoms with Gasteiger partial charge in [-0.1, -0.05) is 61.8 Å². The van der Waals surface area contributed by atoms with E-state index in [1.807, 2.05) is 20.8 Å². The van der Waals surface area contributed by atoms with Gasteiger partial charge in [-0.25, -0.2) is 4.98 Å². The Bertz CT molecular complexity index is 837. The molecular weight excluding hydrogens is 379 g/mol. The molecular formula is C18H20Cl2N2O2S. The molecule has 0 atom stereocenters. The van der Waals surface area contributed by atoms with Gasteiger partial charge in [0.2, 0.25) is 0 Å². The van der Waals surface area contributed by atoms with E-state index in [-0.39, 0.29) is 17.1 Å². The summed E-state index contributed by atoms with van der Waals surface area (Å²) in [6, 6.07) is 5.24. The number of carbonyl (C=O) groups is 1. The van der Waals surface area contributed by atoms with Crippen molar-refractivity contribution >= 4 is 40.7 Å². The van der Waals surface area contributed by atoms with E-state index in [4.69, 9.17) is 23.2 Å². The van der Waals surface area contributed by atoms with Crippen molar-refractivity contribution in [3.63, 3.8) is 0 Å². The molecule has 0 bridgehead atoms. The molecule has 0 aliphatic rings. The minimum atomic E-state index is -0.414. The lowest BCUT2D eigenvalue weighted by atomic mass is 9.92.